The molecule has 2 rings (SSSR count). The summed E-state index contributed by atoms with van der Waals surface area (Å²) in [5.41, 5.74) is 2.72. The SMILES string of the molecule is CCCC(CCC)c1cc(C)n2ncc(SF)c2n1. The van der Waals surface area contributed by atoms with E-state index in [0.29, 0.717) is 16.5 Å². The zero-order valence-electron chi connectivity index (χ0n) is 11.7. The van der Waals surface area contributed by atoms with E-state index in [4.69, 9.17) is 0 Å². The number of hydrogen-bond acceptors (Lipinski definition) is 3. The van der Waals surface area contributed by atoms with Crippen molar-refractivity contribution in [3.8, 4) is 0 Å². The van der Waals surface area contributed by atoms with Crippen LogP contribution in [0.4, 0.5) is 3.89 Å². The molecule has 104 valence electrons. The van der Waals surface area contributed by atoms with Crippen LogP contribution in [0.25, 0.3) is 5.65 Å². The van der Waals surface area contributed by atoms with Crippen molar-refractivity contribution in [3.63, 3.8) is 0 Å². The fourth-order valence-corrected chi connectivity index (χ4v) is 2.81. The number of aromatic nitrogens is 3. The molecule has 0 bridgehead atoms. The van der Waals surface area contributed by atoms with Crippen LogP contribution in [0.2, 0.25) is 0 Å². The van der Waals surface area contributed by atoms with Crippen molar-refractivity contribution in [3.05, 3.63) is 23.7 Å². The summed E-state index contributed by atoms with van der Waals surface area (Å²) >= 11 is 0.215. The van der Waals surface area contributed by atoms with E-state index < -0.39 is 0 Å². The monoisotopic (exact) mass is 281 g/mol. The van der Waals surface area contributed by atoms with Gasteiger partial charge in [-0.15, -0.1) is 0 Å². The third kappa shape index (κ3) is 2.91. The Bertz CT molecular complexity index is 547. The minimum absolute atomic E-state index is 0.215. The molecular formula is C14H20FN3S. The fraction of sp³-hybridized carbons (Fsp3) is 0.571. The lowest BCUT2D eigenvalue weighted by Crippen LogP contribution is -2.06. The maximum Gasteiger partial charge on any atom is 0.171 e. The second-order valence-electron chi connectivity index (χ2n) is 4.92. The van der Waals surface area contributed by atoms with Gasteiger partial charge in [0.05, 0.1) is 18.3 Å². The van der Waals surface area contributed by atoms with Crippen molar-refractivity contribution in [2.24, 2.45) is 0 Å². The molecule has 0 aliphatic heterocycles. The van der Waals surface area contributed by atoms with E-state index in [9.17, 15) is 3.89 Å². The number of nitrogens with zero attached hydrogens (tertiary/aromatic N) is 3. The van der Waals surface area contributed by atoms with E-state index in [2.05, 4.69) is 30.0 Å². The molecule has 3 nitrogen and oxygen atoms in total. The Labute approximate surface area is 117 Å². The van der Waals surface area contributed by atoms with E-state index >= 15 is 0 Å². The average Bonchev–Trinajstić information content (AvgIpc) is 2.82. The van der Waals surface area contributed by atoms with Crippen molar-refractivity contribution in [2.45, 2.75) is 57.3 Å². The Morgan fingerprint density at radius 3 is 2.58 bits per heavy atom. The fourth-order valence-electron chi connectivity index (χ4n) is 2.52. The molecule has 0 saturated heterocycles. The quantitative estimate of drug-likeness (QED) is 0.769. The first-order valence-electron chi connectivity index (χ1n) is 6.85. The van der Waals surface area contributed by atoms with Gasteiger partial charge >= 0.3 is 0 Å². The third-order valence-corrected chi connectivity index (χ3v) is 3.87. The highest BCUT2D eigenvalue weighted by molar-refractivity contribution is 7.94. The van der Waals surface area contributed by atoms with Crippen LogP contribution in [0.5, 0.6) is 0 Å². The Morgan fingerprint density at radius 2 is 2.00 bits per heavy atom. The van der Waals surface area contributed by atoms with Crippen molar-refractivity contribution < 1.29 is 3.89 Å². The lowest BCUT2D eigenvalue weighted by Gasteiger charge is -2.15. The average molecular weight is 281 g/mol. The topological polar surface area (TPSA) is 30.2 Å². The molecule has 0 amide bonds. The highest BCUT2D eigenvalue weighted by atomic mass is 32.2. The molecule has 2 aromatic rings. The van der Waals surface area contributed by atoms with Crippen LogP contribution in [0.3, 0.4) is 0 Å². The van der Waals surface area contributed by atoms with Gasteiger partial charge in [-0.3, -0.25) is 0 Å². The first-order chi connectivity index (χ1) is 9.21. The molecule has 2 heterocycles. The zero-order chi connectivity index (χ0) is 13.8. The predicted octanol–water partition coefficient (Wildman–Crippen LogP) is 4.70. The molecule has 0 N–H and O–H groups in total. The van der Waals surface area contributed by atoms with E-state index in [1.54, 1.807) is 10.7 Å². The number of halogens is 1. The van der Waals surface area contributed by atoms with Crippen LogP contribution >= 0.6 is 12.1 Å². The summed E-state index contributed by atoms with van der Waals surface area (Å²) in [6.45, 7) is 6.37. The normalized spacial score (nSPS) is 11.6. The Morgan fingerprint density at radius 1 is 1.32 bits per heavy atom. The van der Waals surface area contributed by atoms with Crippen LogP contribution < -0.4 is 0 Å². The molecule has 0 saturated carbocycles. The maximum atomic E-state index is 12.9. The van der Waals surface area contributed by atoms with E-state index in [1.807, 2.05) is 6.92 Å². The lowest BCUT2D eigenvalue weighted by molar-refractivity contribution is 0.547. The predicted molar refractivity (Wildman–Crippen MR) is 77.2 cm³/mol. The minimum Gasteiger partial charge on any atom is -0.232 e. The number of hydrogen-bond donors (Lipinski definition) is 0. The largest absolute Gasteiger partial charge is 0.232 e. The van der Waals surface area contributed by atoms with Gasteiger partial charge in [-0.25, -0.2) is 9.50 Å². The van der Waals surface area contributed by atoms with Gasteiger partial charge in [-0.1, -0.05) is 26.7 Å². The summed E-state index contributed by atoms with van der Waals surface area (Å²) in [6, 6.07) is 2.09. The van der Waals surface area contributed by atoms with Crippen LogP contribution in [-0.4, -0.2) is 14.6 Å². The van der Waals surface area contributed by atoms with Gasteiger partial charge in [0.25, 0.3) is 0 Å². The molecule has 0 spiro atoms. The van der Waals surface area contributed by atoms with Gasteiger partial charge in [-0.05, 0) is 25.8 Å². The van der Waals surface area contributed by atoms with Crippen molar-refractivity contribution in [1.82, 2.24) is 14.6 Å². The number of aryl methyl sites for hydroxylation is 1. The Hall–Kier alpha value is -1.10. The van der Waals surface area contributed by atoms with Gasteiger partial charge in [0.2, 0.25) is 0 Å². The molecule has 0 fully saturated rings. The Kier molecular flexibility index (Phi) is 4.80. The first kappa shape index (κ1) is 14.3. The van der Waals surface area contributed by atoms with E-state index in [1.165, 1.54) is 0 Å². The molecule has 0 radical (unpaired) electrons. The van der Waals surface area contributed by atoms with Crippen LogP contribution in [0.1, 0.15) is 56.8 Å². The van der Waals surface area contributed by atoms with Gasteiger partial charge in [0.15, 0.2) is 5.65 Å². The van der Waals surface area contributed by atoms with E-state index in [-0.39, 0.29) is 12.1 Å². The molecule has 19 heavy (non-hydrogen) atoms. The molecular weight excluding hydrogens is 261 g/mol. The highest BCUT2D eigenvalue weighted by Gasteiger charge is 2.16. The number of fused-ring (bicyclic) bond motifs is 1. The molecule has 2 aromatic heterocycles. The molecule has 0 aliphatic rings. The highest BCUT2D eigenvalue weighted by Crippen LogP contribution is 2.29. The van der Waals surface area contributed by atoms with Gasteiger partial charge < -0.3 is 0 Å². The summed E-state index contributed by atoms with van der Waals surface area (Å²) in [6.07, 6.45) is 6.07. The lowest BCUT2D eigenvalue weighted by atomic mass is 9.94. The van der Waals surface area contributed by atoms with E-state index in [0.717, 1.165) is 37.1 Å². The van der Waals surface area contributed by atoms with Crippen molar-refractivity contribution >= 4 is 17.8 Å². The molecule has 0 aliphatic carbocycles. The van der Waals surface area contributed by atoms with Crippen LogP contribution in [-0.2, 0) is 0 Å². The second kappa shape index (κ2) is 6.37. The van der Waals surface area contributed by atoms with Gasteiger partial charge in [0.1, 0.15) is 4.90 Å². The van der Waals surface area contributed by atoms with Gasteiger partial charge in [0, 0.05) is 17.3 Å². The summed E-state index contributed by atoms with van der Waals surface area (Å²) in [5, 5.41) is 4.17. The second-order valence-corrected chi connectivity index (χ2v) is 5.51. The summed E-state index contributed by atoms with van der Waals surface area (Å²) in [4.78, 5) is 5.14. The maximum absolute atomic E-state index is 12.9. The summed E-state index contributed by atoms with van der Waals surface area (Å²) in [7, 11) is 0. The zero-order valence-corrected chi connectivity index (χ0v) is 12.5. The summed E-state index contributed by atoms with van der Waals surface area (Å²) < 4.78 is 14.6. The Balaban J connectivity index is 2.47. The van der Waals surface area contributed by atoms with Gasteiger partial charge in [-0.2, -0.15) is 8.98 Å². The molecule has 5 heteroatoms. The molecule has 0 aromatic carbocycles. The molecule has 0 unspecified atom stereocenters. The van der Waals surface area contributed by atoms with Crippen molar-refractivity contribution in [2.75, 3.05) is 0 Å². The minimum atomic E-state index is 0.215. The first-order valence-corrected chi connectivity index (χ1v) is 7.56. The third-order valence-electron chi connectivity index (χ3n) is 3.41. The van der Waals surface area contributed by atoms with Crippen molar-refractivity contribution in [1.29, 1.82) is 0 Å². The number of rotatable bonds is 6. The standard InChI is InChI=1S/C14H20FN3S/c1-4-6-11(7-5-2)12-8-10(3)18-14(17-12)13(19-15)9-16-18/h8-9,11H,4-7H2,1-3H3. The summed E-state index contributed by atoms with van der Waals surface area (Å²) in [5.74, 6) is 0.464. The molecule has 0 atom stereocenters. The smallest absolute Gasteiger partial charge is 0.171 e. The van der Waals surface area contributed by atoms with Crippen LogP contribution in [0.15, 0.2) is 17.2 Å². The van der Waals surface area contributed by atoms with Crippen LogP contribution in [0, 0.1) is 6.92 Å².